The summed E-state index contributed by atoms with van der Waals surface area (Å²) in [7, 11) is 0. The van der Waals surface area contributed by atoms with E-state index in [1.807, 2.05) is 12.1 Å². The zero-order chi connectivity index (χ0) is 32.8. The third kappa shape index (κ3) is 3.96. The van der Waals surface area contributed by atoms with Gasteiger partial charge in [-0.25, -0.2) is 0 Å². The fourth-order valence-electron chi connectivity index (χ4n) is 8.21. The average Bonchev–Trinajstić information content (AvgIpc) is 3.51. The maximum atomic E-state index is 6.34. The Bertz CT molecular complexity index is 2990. The average molecular weight is 636 g/mol. The van der Waals surface area contributed by atoms with E-state index in [0.717, 1.165) is 22.7 Å². The molecule has 0 N–H and O–H groups in total. The Morgan fingerprint density at radius 3 is 1.86 bits per heavy atom. The molecule has 0 aliphatic carbocycles. The van der Waals surface area contributed by atoms with Crippen molar-refractivity contribution in [2.45, 2.75) is 0 Å². The molecule has 0 amide bonds. The van der Waals surface area contributed by atoms with Gasteiger partial charge in [-0.1, -0.05) is 140 Å². The van der Waals surface area contributed by atoms with Crippen molar-refractivity contribution >= 4 is 54.1 Å². The van der Waals surface area contributed by atoms with Crippen molar-refractivity contribution in [3.05, 3.63) is 176 Å². The van der Waals surface area contributed by atoms with Crippen LogP contribution >= 0.6 is 0 Å². The number of aromatic nitrogens is 1. The van der Waals surface area contributed by atoms with Crippen LogP contribution in [0.1, 0.15) is 0 Å². The number of fused-ring (bicyclic) bond motifs is 8. The quantitative estimate of drug-likeness (QED) is 0.188. The maximum Gasteiger partial charge on any atom is 0.135 e. The van der Waals surface area contributed by atoms with Crippen molar-refractivity contribution in [2.75, 3.05) is 0 Å². The maximum absolute atomic E-state index is 6.34. The summed E-state index contributed by atoms with van der Waals surface area (Å²) < 4.78 is 8.79. The topological polar surface area (TPSA) is 14.2 Å². The van der Waals surface area contributed by atoms with Gasteiger partial charge in [0.15, 0.2) is 0 Å². The first-order valence-corrected chi connectivity index (χ1v) is 17.2. The van der Waals surface area contributed by atoms with Gasteiger partial charge in [0.25, 0.3) is 0 Å². The van der Waals surface area contributed by atoms with Crippen LogP contribution < -0.4 is 4.74 Å². The summed E-state index contributed by atoms with van der Waals surface area (Å²) in [6.07, 6.45) is 0. The molecule has 0 saturated heterocycles. The highest BCUT2D eigenvalue weighted by molar-refractivity contribution is 6.20. The smallest absolute Gasteiger partial charge is 0.135 e. The molecule has 0 unspecified atom stereocenters. The number of hydrogen-bond donors (Lipinski definition) is 0. The molecule has 2 heteroatoms. The van der Waals surface area contributed by atoms with Crippen LogP contribution in [0.15, 0.2) is 176 Å². The van der Waals surface area contributed by atoms with Gasteiger partial charge in [0.2, 0.25) is 0 Å². The fraction of sp³-hybridized carbons (Fsp3) is 0. The standard InChI is InChI=1S/C48H29NO/c1-2-10-35-29-44-43(28-34(35)9-1)42-25-22-32-8-3-4-11-38(32)48(42)49(44)36-23-20-31(21-24-36)30-16-18-33(19-17-30)37-26-27-46-47-40(37)13-7-14-41(47)39-12-5-6-15-45(39)50-46/h1-29H. The van der Waals surface area contributed by atoms with Crippen LogP contribution in [0.25, 0.3) is 93.2 Å². The lowest BCUT2D eigenvalue weighted by Gasteiger charge is -2.22. The van der Waals surface area contributed by atoms with Crippen molar-refractivity contribution in [3.63, 3.8) is 0 Å². The van der Waals surface area contributed by atoms with Gasteiger partial charge >= 0.3 is 0 Å². The fourth-order valence-corrected chi connectivity index (χ4v) is 8.21. The van der Waals surface area contributed by atoms with Crippen LogP contribution in [-0.4, -0.2) is 4.57 Å². The minimum atomic E-state index is 0.913. The molecular weight excluding hydrogens is 607 g/mol. The van der Waals surface area contributed by atoms with Crippen molar-refractivity contribution in [2.24, 2.45) is 0 Å². The first kappa shape index (κ1) is 27.3. The zero-order valence-electron chi connectivity index (χ0n) is 27.1. The van der Waals surface area contributed by atoms with Crippen molar-refractivity contribution in [1.29, 1.82) is 0 Å². The molecule has 0 radical (unpaired) electrons. The first-order valence-electron chi connectivity index (χ1n) is 17.2. The second-order valence-electron chi connectivity index (χ2n) is 13.3. The Morgan fingerprint density at radius 2 is 1.02 bits per heavy atom. The van der Waals surface area contributed by atoms with E-state index in [1.165, 1.54) is 81.9 Å². The minimum Gasteiger partial charge on any atom is -0.456 e. The molecular formula is C48H29NO. The second-order valence-corrected chi connectivity index (χ2v) is 13.3. The molecule has 232 valence electrons. The SMILES string of the molecule is c1ccc2c(c1)Oc1ccc(-c3ccc(-c4ccc(-n5c6cc7ccccc7cc6c6ccc7ccccc7c65)cc4)cc3)c3cccc-2c13. The van der Waals surface area contributed by atoms with Gasteiger partial charge in [-0.05, 0) is 85.8 Å². The van der Waals surface area contributed by atoms with Crippen LogP contribution in [0.3, 0.4) is 0 Å². The highest BCUT2D eigenvalue weighted by Crippen LogP contribution is 2.48. The van der Waals surface area contributed by atoms with Crippen molar-refractivity contribution < 1.29 is 4.74 Å². The van der Waals surface area contributed by atoms with Crippen LogP contribution in [0.5, 0.6) is 11.5 Å². The summed E-state index contributed by atoms with van der Waals surface area (Å²) in [5, 5.41) is 9.96. The lowest BCUT2D eigenvalue weighted by atomic mass is 9.90. The largest absolute Gasteiger partial charge is 0.456 e. The summed E-state index contributed by atoms with van der Waals surface area (Å²) in [5.41, 5.74) is 10.8. The Kier molecular flexibility index (Phi) is 5.70. The van der Waals surface area contributed by atoms with Crippen LogP contribution in [0, 0.1) is 0 Å². The van der Waals surface area contributed by atoms with E-state index < -0.39 is 0 Å². The monoisotopic (exact) mass is 635 g/mol. The summed E-state index contributed by atoms with van der Waals surface area (Å²) in [6, 6.07) is 63.8. The molecule has 0 spiro atoms. The van der Waals surface area contributed by atoms with E-state index in [2.05, 4.69) is 168 Å². The Hall–Kier alpha value is -6.64. The van der Waals surface area contributed by atoms with E-state index in [1.54, 1.807) is 0 Å². The molecule has 11 rings (SSSR count). The normalized spacial score (nSPS) is 12.2. The molecule has 0 fully saturated rings. The van der Waals surface area contributed by atoms with Gasteiger partial charge < -0.3 is 9.30 Å². The van der Waals surface area contributed by atoms with Gasteiger partial charge in [-0.2, -0.15) is 0 Å². The van der Waals surface area contributed by atoms with Crippen molar-refractivity contribution in [1.82, 2.24) is 4.57 Å². The summed E-state index contributed by atoms with van der Waals surface area (Å²) in [5.74, 6) is 1.83. The molecule has 1 aromatic heterocycles. The molecule has 50 heavy (non-hydrogen) atoms. The Morgan fingerprint density at radius 1 is 0.360 bits per heavy atom. The van der Waals surface area contributed by atoms with Gasteiger partial charge in [-0.3, -0.25) is 0 Å². The van der Waals surface area contributed by atoms with E-state index >= 15 is 0 Å². The number of benzene rings is 9. The summed E-state index contributed by atoms with van der Waals surface area (Å²) >= 11 is 0. The molecule has 2 nitrogen and oxygen atoms in total. The number of para-hydroxylation sites is 1. The predicted molar refractivity (Wildman–Crippen MR) is 210 cm³/mol. The van der Waals surface area contributed by atoms with E-state index in [-0.39, 0.29) is 0 Å². The zero-order valence-corrected chi connectivity index (χ0v) is 27.1. The Balaban J connectivity index is 1.01. The van der Waals surface area contributed by atoms with E-state index in [4.69, 9.17) is 4.74 Å². The number of nitrogens with zero attached hydrogens (tertiary/aromatic N) is 1. The lowest BCUT2D eigenvalue weighted by molar-refractivity contribution is 0.487. The number of rotatable bonds is 3. The van der Waals surface area contributed by atoms with E-state index in [9.17, 15) is 0 Å². The Labute approximate surface area is 289 Å². The minimum absolute atomic E-state index is 0.913. The first-order chi connectivity index (χ1) is 24.8. The third-order valence-electron chi connectivity index (χ3n) is 10.6. The van der Waals surface area contributed by atoms with Gasteiger partial charge in [0.1, 0.15) is 11.5 Å². The molecule has 2 heterocycles. The second kappa shape index (κ2) is 10.4. The summed E-state index contributed by atoms with van der Waals surface area (Å²) in [6.45, 7) is 0. The van der Waals surface area contributed by atoms with Crippen molar-refractivity contribution in [3.8, 4) is 50.6 Å². The third-order valence-corrected chi connectivity index (χ3v) is 10.6. The number of ether oxygens (including phenoxy) is 1. The van der Waals surface area contributed by atoms with Gasteiger partial charge in [0.05, 0.1) is 11.0 Å². The molecule has 0 saturated carbocycles. The van der Waals surface area contributed by atoms with Crippen LogP contribution in [0.4, 0.5) is 0 Å². The molecule has 0 bridgehead atoms. The highest BCUT2D eigenvalue weighted by Gasteiger charge is 2.21. The molecule has 1 aliphatic rings. The molecule has 0 atom stereocenters. The number of hydrogen-bond acceptors (Lipinski definition) is 1. The predicted octanol–water partition coefficient (Wildman–Crippen LogP) is 13.3. The van der Waals surface area contributed by atoms with Crippen LogP contribution in [0.2, 0.25) is 0 Å². The van der Waals surface area contributed by atoms with Gasteiger partial charge in [-0.15, -0.1) is 0 Å². The molecule has 9 aromatic carbocycles. The van der Waals surface area contributed by atoms with E-state index in [0.29, 0.717) is 0 Å². The highest BCUT2D eigenvalue weighted by atomic mass is 16.5. The molecule has 1 aliphatic heterocycles. The van der Waals surface area contributed by atoms with Gasteiger partial charge in [0, 0.05) is 32.8 Å². The van der Waals surface area contributed by atoms with Crippen LogP contribution in [-0.2, 0) is 0 Å². The lowest BCUT2D eigenvalue weighted by Crippen LogP contribution is -1.97. The summed E-state index contributed by atoms with van der Waals surface area (Å²) in [4.78, 5) is 0. The molecule has 10 aromatic rings.